The minimum atomic E-state index is -5.08. The van der Waals surface area contributed by atoms with Crippen LogP contribution in [0.5, 0.6) is 11.5 Å². The average molecular weight is 679 g/mol. The van der Waals surface area contributed by atoms with Crippen LogP contribution in [0.1, 0.15) is 77.9 Å². The van der Waals surface area contributed by atoms with Crippen LogP contribution in [0.2, 0.25) is 0 Å². The van der Waals surface area contributed by atoms with Crippen molar-refractivity contribution in [3.63, 3.8) is 0 Å². The van der Waals surface area contributed by atoms with Gasteiger partial charge in [-0.3, -0.25) is 19.8 Å². The van der Waals surface area contributed by atoms with Gasteiger partial charge in [-0.05, 0) is 48.6 Å². The Morgan fingerprint density at radius 1 is 1.04 bits per heavy atom. The Labute approximate surface area is 274 Å². The maximum atomic E-state index is 13.7. The molecule has 2 amide bonds. The fourth-order valence-electron chi connectivity index (χ4n) is 5.14. The summed E-state index contributed by atoms with van der Waals surface area (Å²) in [7, 11) is 1.52. The van der Waals surface area contributed by atoms with Gasteiger partial charge >= 0.3 is 18.1 Å². The van der Waals surface area contributed by atoms with Gasteiger partial charge in [0.1, 0.15) is 17.3 Å². The summed E-state index contributed by atoms with van der Waals surface area (Å²) in [6.45, 7) is 7.98. The Bertz CT molecular complexity index is 1630. The summed E-state index contributed by atoms with van der Waals surface area (Å²) in [6, 6.07) is 6.64. The highest BCUT2D eigenvalue weighted by molar-refractivity contribution is 6.08. The average Bonchev–Trinajstić information content (AvgIpc) is 3.55. The Balaban J connectivity index is 0.000000804. The van der Waals surface area contributed by atoms with Crippen LogP contribution < -0.4 is 19.7 Å². The molecule has 2 aliphatic rings. The Hall–Kier alpha value is -5.15. The third-order valence-electron chi connectivity index (χ3n) is 7.39. The molecule has 2 aromatic rings. The summed E-state index contributed by atoms with van der Waals surface area (Å²) in [4.78, 5) is 62.3. The summed E-state index contributed by atoms with van der Waals surface area (Å²) >= 11 is 0. The van der Waals surface area contributed by atoms with Gasteiger partial charge in [0.05, 0.1) is 24.4 Å². The molecule has 0 aliphatic carbocycles. The molecule has 2 aliphatic heterocycles. The van der Waals surface area contributed by atoms with Crippen molar-refractivity contribution in [2.75, 3.05) is 38.3 Å². The standard InChI is InChI=1S/C30H36N4O7.C2HF3O2/c1-6-40-24-12-18-14-33(28(31)19(18)13-20(24)29(39)32-5)15-23(35)17-10-21(30(2,3)4)27(41-16-26(37)38)22(11-17)34-9-7-8-25(34)36;3-2(4,5)1(6)7/h10-13,31H,6-9,14-16H2,1-5H3,(H,32,39)(H,37,38);(H,6,7). The van der Waals surface area contributed by atoms with Crippen LogP contribution in [-0.4, -0.2) is 90.0 Å². The zero-order valence-corrected chi connectivity index (χ0v) is 27.0. The van der Waals surface area contributed by atoms with Gasteiger partial charge in [0, 0.05) is 43.2 Å². The van der Waals surface area contributed by atoms with E-state index >= 15 is 0 Å². The zero-order valence-electron chi connectivity index (χ0n) is 27.0. The van der Waals surface area contributed by atoms with Gasteiger partial charge in [0.15, 0.2) is 12.4 Å². The lowest BCUT2D eigenvalue weighted by molar-refractivity contribution is -0.192. The molecule has 4 rings (SSSR count). The maximum Gasteiger partial charge on any atom is 0.490 e. The van der Waals surface area contributed by atoms with E-state index in [1.54, 1.807) is 34.1 Å². The number of amides is 2. The number of carboxylic acids is 2. The number of halogens is 3. The minimum Gasteiger partial charge on any atom is -0.493 e. The number of benzene rings is 2. The molecule has 2 heterocycles. The van der Waals surface area contributed by atoms with Gasteiger partial charge in [0.25, 0.3) is 5.91 Å². The highest BCUT2D eigenvalue weighted by Crippen LogP contribution is 2.42. The second-order valence-electron chi connectivity index (χ2n) is 11.9. The first-order chi connectivity index (χ1) is 22.3. The summed E-state index contributed by atoms with van der Waals surface area (Å²) < 4.78 is 43.1. The van der Waals surface area contributed by atoms with Crippen LogP contribution in [0.15, 0.2) is 24.3 Å². The molecule has 260 valence electrons. The number of aliphatic carboxylic acids is 2. The Morgan fingerprint density at radius 3 is 2.19 bits per heavy atom. The monoisotopic (exact) mass is 678 g/mol. The first-order valence-electron chi connectivity index (χ1n) is 14.8. The molecule has 1 saturated heterocycles. The van der Waals surface area contributed by atoms with Crippen LogP contribution in [-0.2, 0) is 26.3 Å². The fraction of sp³-hybridized carbons (Fsp3) is 0.438. The maximum absolute atomic E-state index is 13.7. The number of Topliss-reactive ketones (excluding diaryl/α,β-unsaturated/α-hetero) is 1. The lowest BCUT2D eigenvalue weighted by Crippen LogP contribution is -2.31. The van der Waals surface area contributed by atoms with Crippen molar-refractivity contribution in [1.82, 2.24) is 10.2 Å². The summed E-state index contributed by atoms with van der Waals surface area (Å²) in [5.74, 6) is -3.82. The molecule has 0 atom stereocenters. The molecule has 2 aromatic carbocycles. The topological polar surface area (TPSA) is 187 Å². The smallest absolute Gasteiger partial charge is 0.490 e. The molecule has 0 bridgehead atoms. The van der Waals surface area contributed by atoms with E-state index in [2.05, 4.69) is 5.32 Å². The van der Waals surface area contributed by atoms with E-state index in [4.69, 9.17) is 24.8 Å². The number of amidine groups is 1. The van der Waals surface area contributed by atoms with Crippen molar-refractivity contribution >= 4 is 41.1 Å². The van der Waals surface area contributed by atoms with Crippen molar-refractivity contribution in [1.29, 1.82) is 5.41 Å². The third-order valence-corrected chi connectivity index (χ3v) is 7.39. The van der Waals surface area contributed by atoms with Crippen LogP contribution in [0.25, 0.3) is 0 Å². The quantitative estimate of drug-likeness (QED) is 0.268. The van der Waals surface area contributed by atoms with Crippen LogP contribution >= 0.6 is 0 Å². The van der Waals surface area contributed by atoms with E-state index in [-0.39, 0.29) is 42.3 Å². The Morgan fingerprint density at radius 2 is 1.69 bits per heavy atom. The molecular weight excluding hydrogens is 641 g/mol. The summed E-state index contributed by atoms with van der Waals surface area (Å²) in [6.07, 6.45) is -4.09. The second kappa shape index (κ2) is 14.7. The van der Waals surface area contributed by atoms with Gasteiger partial charge in [-0.15, -0.1) is 0 Å². The zero-order chi connectivity index (χ0) is 36.1. The van der Waals surface area contributed by atoms with E-state index < -0.39 is 30.1 Å². The second-order valence-corrected chi connectivity index (χ2v) is 11.9. The van der Waals surface area contributed by atoms with Crippen molar-refractivity contribution in [2.45, 2.75) is 58.7 Å². The molecule has 16 heteroatoms. The van der Waals surface area contributed by atoms with Gasteiger partial charge in [-0.1, -0.05) is 20.8 Å². The number of nitrogens with zero attached hydrogens (tertiary/aromatic N) is 2. The largest absolute Gasteiger partial charge is 0.493 e. The van der Waals surface area contributed by atoms with Crippen molar-refractivity contribution in [3.05, 3.63) is 52.1 Å². The molecule has 0 spiro atoms. The van der Waals surface area contributed by atoms with Crippen LogP contribution in [0.3, 0.4) is 0 Å². The minimum absolute atomic E-state index is 0.112. The van der Waals surface area contributed by atoms with E-state index in [1.807, 2.05) is 27.7 Å². The molecule has 48 heavy (non-hydrogen) atoms. The van der Waals surface area contributed by atoms with Gasteiger partial charge in [-0.2, -0.15) is 13.2 Å². The fourth-order valence-corrected chi connectivity index (χ4v) is 5.14. The predicted molar refractivity (Wildman–Crippen MR) is 166 cm³/mol. The van der Waals surface area contributed by atoms with Gasteiger partial charge < -0.3 is 34.8 Å². The summed E-state index contributed by atoms with van der Waals surface area (Å²) in [5.41, 5.74) is 2.42. The predicted octanol–water partition coefficient (Wildman–Crippen LogP) is 3.99. The number of ketones is 1. The molecular formula is C32H37F3N4O9. The third kappa shape index (κ3) is 8.60. The number of hydrogen-bond donors (Lipinski definition) is 4. The van der Waals surface area contributed by atoms with Crippen LogP contribution in [0.4, 0.5) is 18.9 Å². The molecule has 0 unspecified atom stereocenters. The SMILES string of the molecule is CCOc1cc2c(cc1C(=O)NC)C(=N)N(CC(=O)c1cc(N3CCCC3=O)c(OCC(=O)O)c(C(C)(C)C)c1)C2.O=C(O)C(F)(F)F. The molecule has 0 aromatic heterocycles. The molecule has 4 N–H and O–H groups in total. The number of fused-ring (bicyclic) bond motifs is 1. The lowest BCUT2D eigenvalue weighted by Gasteiger charge is -2.28. The van der Waals surface area contributed by atoms with E-state index in [0.29, 0.717) is 59.7 Å². The first kappa shape index (κ1) is 37.3. The normalized spacial score (nSPS) is 14.2. The number of carboxylic acid groups (broad SMARTS) is 2. The first-order valence-corrected chi connectivity index (χ1v) is 14.8. The van der Waals surface area contributed by atoms with Gasteiger partial charge in [0.2, 0.25) is 5.91 Å². The molecule has 13 nitrogen and oxygen atoms in total. The number of ether oxygens (including phenoxy) is 2. The highest BCUT2D eigenvalue weighted by Gasteiger charge is 2.38. The number of carbonyl (C=O) groups excluding carboxylic acids is 3. The molecule has 0 radical (unpaired) electrons. The summed E-state index contributed by atoms with van der Waals surface area (Å²) in [5, 5.41) is 27.7. The number of hydrogen-bond acceptors (Lipinski definition) is 8. The van der Waals surface area contributed by atoms with E-state index in [1.165, 1.54) is 7.05 Å². The number of alkyl halides is 3. The van der Waals surface area contributed by atoms with E-state index in [9.17, 15) is 37.5 Å². The highest BCUT2D eigenvalue weighted by atomic mass is 19.4. The van der Waals surface area contributed by atoms with Crippen LogP contribution in [0, 0.1) is 5.41 Å². The number of anilines is 1. The van der Waals surface area contributed by atoms with Gasteiger partial charge in [-0.25, -0.2) is 9.59 Å². The van der Waals surface area contributed by atoms with E-state index in [0.717, 1.165) is 5.56 Å². The Kier molecular flexibility index (Phi) is 11.5. The number of carbonyl (C=O) groups is 5. The van der Waals surface area contributed by atoms with Crippen molar-refractivity contribution < 1.29 is 56.8 Å². The lowest BCUT2D eigenvalue weighted by atomic mass is 9.84. The number of rotatable bonds is 10. The molecule has 1 fully saturated rings. The number of nitrogens with one attached hydrogen (secondary N) is 2. The van der Waals surface area contributed by atoms with Crippen molar-refractivity contribution in [3.8, 4) is 11.5 Å². The molecule has 0 saturated carbocycles. The van der Waals surface area contributed by atoms with Crippen molar-refractivity contribution in [2.24, 2.45) is 0 Å².